The molecular weight excluding hydrogens is 400 g/mol. The molecule has 0 aromatic heterocycles. The van der Waals surface area contributed by atoms with Crippen LogP contribution in [0.2, 0.25) is 0 Å². The van der Waals surface area contributed by atoms with Crippen molar-refractivity contribution in [3.8, 4) is 0 Å². The van der Waals surface area contributed by atoms with Crippen molar-refractivity contribution in [3.05, 3.63) is 0 Å². The summed E-state index contributed by atoms with van der Waals surface area (Å²) < 4.78 is 0. The summed E-state index contributed by atoms with van der Waals surface area (Å²) >= 11 is 0. The van der Waals surface area contributed by atoms with Crippen molar-refractivity contribution in [2.45, 2.75) is 92.4 Å². The molecule has 0 bridgehead atoms. The molecule has 0 heterocycles. The van der Waals surface area contributed by atoms with E-state index < -0.39 is 47.9 Å². The number of hydrogen-bond donors (Lipinski definition) is 5. The van der Waals surface area contributed by atoms with Crippen molar-refractivity contribution < 1.29 is 24.3 Å². The first kappa shape index (κ1) is 28.8. The zero-order valence-corrected chi connectivity index (χ0v) is 20.2. The summed E-state index contributed by atoms with van der Waals surface area (Å²) in [5.74, 6) is -3.15. The molecule has 0 spiro atoms. The van der Waals surface area contributed by atoms with Gasteiger partial charge in [0.25, 0.3) is 0 Å². The van der Waals surface area contributed by atoms with Crippen molar-refractivity contribution in [2.24, 2.45) is 29.4 Å². The maximum Gasteiger partial charge on any atom is 0.326 e. The second-order valence-electron chi connectivity index (χ2n) is 9.40. The largest absolute Gasteiger partial charge is 0.480 e. The smallest absolute Gasteiger partial charge is 0.326 e. The molecule has 9 heteroatoms. The number of amides is 3. The van der Waals surface area contributed by atoms with Crippen LogP contribution in [0.15, 0.2) is 0 Å². The Hall–Kier alpha value is -2.16. The SMILES string of the molecule is CCC(C)C(NC(=O)C(CC(C)C)NC(=O)C(N)C(C)C)C(=O)NC(C(=O)O)C(C)C. The van der Waals surface area contributed by atoms with E-state index in [-0.39, 0.29) is 23.7 Å². The molecule has 0 saturated heterocycles. The van der Waals surface area contributed by atoms with E-state index in [1.807, 2.05) is 34.6 Å². The molecular formula is C22H42N4O5. The molecule has 0 aromatic rings. The van der Waals surface area contributed by atoms with Crippen LogP contribution in [0.5, 0.6) is 0 Å². The van der Waals surface area contributed by atoms with Crippen molar-refractivity contribution >= 4 is 23.7 Å². The van der Waals surface area contributed by atoms with Gasteiger partial charge >= 0.3 is 5.97 Å². The van der Waals surface area contributed by atoms with Crippen molar-refractivity contribution in [2.75, 3.05) is 0 Å². The minimum atomic E-state index is -1.13. The Morgan fingerprint density at radius 1 is 0.774 bits per heavy atom. The summed E-state index contributed by atoms with van der Waals surface area (Å²) in [5, 5.41) is 17.3. The van der Waals surface area contributed by atoms with Crippen molar-refractivity contribution in [1.29, 1.82) is 0 Å². The normalized spacial score (nSPS) is 16.4. The van der Waals surface area contributed by atoms with Gasteiger partial charge in [0.1, 0.15) is 18.1 Å². The van der Waals surface area contributed by atoms with Crippen LogP contribution in [0, 0.1) is 23.7 Å². The van der Waals surface area contributed by atoms with Gasteiger partial charge in [0.15, 0.2) is 0 Å². The Morgan fingerprint density at radius 3 is 1.68 bits per heavy atom. The summed E-state index contributed by atoms with van der Waals surface area (Å²) in [6.07, 6.45) is 0.970. The standard InChI is InChI=1S/C22H42N4O5/c1-9-14(8)18(21(29)25-17(13(6)7)22(30)31)26-19(27)15(10-11(2)3)24-20(28)16(23)12(4)5/h11-18H,9-10,23H2,1-8H3,(H,24,28)(H,25,29)(H,26,27)(H,30,31). The van der Waals surface area contributed by atoms with Crippen LogP contribution in [0.25, 0.3) is 0 Å². The van der Waals surface area contributed by atoms with Gasteiger partial charge in [-0.05, 0) is 30.1 Å². The first-order chi connectivity index (χ1) is 14.2. The minimum absolute atomic E-state index is 0.0922. The zero-order valence-electron chi connectivity index (χ0n) is 20.2. The highest BCUT2D eigenvalue weighted by atomic mass is 16.4. The van der Waals surface area contributed by atoms with Crippen LogP contribution in [0.3, 0.4) is 0 Å². The molecule has 0 aromatic carbocycles. The van der Waals surface area contributed by atoms with Gasteiger partial charge in [-0.25, -0.2) is 4.79 Å². The molecule has 31 heavy (non-hydrogen) atoms. The monoisotopic (exact) mass is 442 g/mol. The van der Waals surface area contributed by atoms with Crippen molar-refractivity contribution in [3.63, 3.8) is 0 Å². The highest BCUT2D eigenvalue weighted by Crippen LogP contribution is 2.12. The van der Waals surface area contributed by atoms with Crippen LogP contribution in [0.1, 0.15) is 68.2 Å². The number of nitrogens with one attached hydrogen (secondary N) is 3. The topological polar surface area (TPSA) is 151 Å². The molecule has 0 fully saturated rings. The minimum Gasteiger partial charge on any atom is -0.480 e. The molecule has 0 rings (SSSR count). The van der Waals surface area contributed by atoms with Gasteiger partial charge in [-0.15, -0.1) is 0 Å². The molecule has 9 nitrogen and oxygen atoms in total. The van der Waals surface area contributed by atoms with E-state index >= 15 is 0 Å². The van der Waals surface area contributed by atoms with Gasteiger partial charge in [0, 0.05) is 0 Å². The predicted octanol–water partition coefficient (Wildman–Crippen LogP) is 1.26. The first-order valence-electron chi connectivity index (χ1n) is 11.1. The van der Waals surface area contributed by atoms with Crippen molar-refractivity contribution in [1.82, 2.24) is 16.0 Å². The number of carboxylic acids is 1. The Kier molecular flexibility index (Phi) is 12.4. The average molecular weight is 443 g/mol. The lowest BCUT2D eigenvalue weighted by Gasteiger charge is -2.29. The molecule has 0 aliphatic heterocycles. The predicted molar refractivity (Wildman–Crippen MR) is 120 cm³/mol. The summed E-state index contributed by atoms with van der Waals surface area (Å²) in [6.45, 7) is 14.6. The first-order valence-corrected chi connectivity index (χ1v) is 11.1. The summed E-state index contributed by atoms with van der Waals surface area (Å²) in [6, 6.07) is -3.59. The number of rotatable bonds is 13. The summed E-state index contributed by atoms with van der Waals surface area (Å²) in [4.78, 5) is 49.8. The zero-order chi connectivity index (χ0) is 24.5. The number of aliphatic carboxylic acids is 1. The lowest BCUT2D eigenvalue weighted by atomic mass is 9.95. The van der Waals surface area contributed by atoms with Gasteiger partial charge in [-0.1, -0.05) is 61.8 Å². The maximum atomic E-state index is 13.0. The molecule has 0 aliphatic rings. The fourth-order valence-electron chi connectivity index (χ4n) is 2.99. The van der Waals surface area contributed by atoms with Gasteiger partial charge in [0.2, 0.25) is 17.7 Å². The second kappa shape index (κ2) is 13.3. The Labute approximate surface area is 186 Å². The molecule has 0 saturated carbocycles. The van der Waals surface area contributed by atoms with Gasteiger partial charge < -0.3 is 26.8 Å². The van der Waals surface area contributed by atoms with E-state index in [0.29, 0.717) is 12.8 Å². The fourth-order valence-corrected chi connectivity index (χ4v) is 2.99. The van der Waals surface area contributed by atoms with E-state index in [4.69, 9.17) is 5.73 Å². The molecule has 3 amide bonds. The highest BCUT2D eigenvalue weighted by Gasteiger charge is 2.33. The number of hydrogen-bond acceptors (Lipinski definition) is 5. The third-order valence-corrected chi connectivity index (χ3v) is 5.38. The summed E-state index contributed by atoms with van der Waals surface area (Å²) in [5.41, 5.74) is 5.91. The Bertz CT molecular complexity index is 621. The van der Waals surface area contributed by atoms with Crippen LogP contribution in [-0.2, 0) is 19.2 Å². The summed E-state index contributed by atoms with van der Waals surface area (Å²) in [7, 11) is 0. The van der Waals surface area contributed by atoms with Crippen LogP contribution < -0.4 is 21.7 Å². The third-order valence-electron chi connectivity index (χ3n) is 5.38. The Balaban J connectivity index is 5.57. The van der Waals surface area contributed by atoms with Gasteiger partial charge in [-0.2, -0.15) is 0 Å². The Morgan fingerprint density at radius 2 is 1.29 bits per heavy atom. The van der Waals surface area contributed by atoms with E-state index in [9.17, 15) is 24.3 Å². The molecule has 0 aliphatic carbocycles. The van der Waals surface area contributed by atoms with Crippen LogP contribution in [-0.4, -0.2) is 53.0 Å². The molecule has 5 atom stereocenters. The number of nitrogens with two attached hydrogens (primary N) is 1. The maximum absolute atomic E-state index is 13.0. The van der Waals surface area contributed by atoms with Crippen LogP contribution in [0.4, 0.5) is 0 Å². The highest BCUT2D eigenvalue weighted by molar-refractivity contribution is 5.94. The molecule has 5 unspecified atom stereocenters. The molecule has 6 N–H and O–H groups in total. The lowest BCUT2D eigenvalue weighted by Crippen LogP contribution is -2.59. The van der Waals surface area contributed by atoms with E-state index in [0.717, 1.165) is 0 Å². The second-order valence-corrected chi connectivity index (χ2v) is 9.40. The number of carbonyl (C=O) groups is 4. The van der Waals surface area contributed by atoms with Gasteiger partial charge in [-0.3, -0.25) is 14.4 Å². The van der Waals surface area contributed by atoms with E-state index in [1.165, 1.54) is 0 Å². The van der Waals surface area contributed by atoms with E-state index in [2.05, 4.69) is 16.0 Å². The fraction of sp³-hybridized carbons (Fsp3) is 0.818. The van der Waals surface area contributed by atoms with Gasteiger partial charge in [0.05, 0.1) is 6.04 Å². The van der Waals surface area contributed by atoms with E-state index in [1.54, 1.807) is 20.8 Å². The average Bonchev–Trinajstić information content (AvgIpc) is 2.66. The number of carboxylic acid groups (broad SMARTS) is 1. The molecule has 180 valence electrons. The van der Waals surface area contributed by atoms with Crippen LogP contribution >= 0.6 is 0 Å². The lowest BCUT2D eigenvalue weighted by molar-refractivity contribution is -0.144. The molecule has 0 radical (unpaired) electrons. The number of carbonyl (C=O) groups excluding carboxylic acids is 3. The third kappa shape index (κ3) is 9.67. The quantitative estimate of drug-likeness (QED) is 0.290.